The SMILES string of the molecule is Cc1ccc(C2(O)CCN(C(=O)c3ccc(=O)[nH]n3)CC2)nc1. The number of hydrogen-bond acceptors (Lipinski definition) is 5. The first-order chi connectivity index (χ1) is 11.0. The van der Waals surface area contributed by atoms with Crippen LogP contribution >= 0.6 is 0 Å². The fourth-order valence-corrected chi connectivity index (χ4v) is 2.70. The molecule has 1 aliphatic rings. The number of hydrogen-bond donors (Lipinski definition) is 2. The van der Waals surface area contributed by atoms with Crippen LogP contribution in [-0.2, 0) is 5.60 Å². The monoisotopic (exact) mass is 314 g/mol. The Bertz CT molecular complexity index is 741. The zero-order valence-electron chi connectivity index (χ0n) is 12.8. The molecule has 1 aliphatic heterocycles. The Morgan fingerprint density at radius 3 is 2.57 bits per heavy atom. The van der Waals surface area contributed by atoms with Crippen molar-refractivity contribution in [3.63, 3.8) is 0 Å². The summed E-state index contributed by atoms with van der Waals surface area (Å²) >= 11 is 0. The highest BCUT2D eigenvalue weighted by atomic mass is 16.3. The van der Waals surface area contributed by atoms with Crippen LogP contribution in [0.15, 0.2) is 35.3 Å². The molecule has 120 valence electrons. The maximum absolute atomic E-state index is 12.3. The van der Waals surface area contributed by atoms with Crippen molar-refractivity contribution < 1.29 is 9.90 Å². The van der Waals surface area contributed by atoms with Crippen molar-refractivity contribution >= 4 is 5.91 Å². The van der Waals surface area contributed by atoms with E-state index in [0.29, 0.717) is 31.6 Å². The summed E-state index contributed by atoms with van der Waals surface area (Å²) in [5, 5.41) is 16.8. The molecule has 23 heavy (non-hydrogen) atoms. The molecule has 0 aliphatic carbocycles. The average molecular weight is 314 g/mol. The van der Waals surface area contributed by atoms with Gasteiger partial charge in [-0.15, -0.1) is 0 Å². The smallest absolute Gasteiger partial charge is 0.274 e. The summed E-state index contributed by atoms with van der Waals surface area (Å²) in [6.45, 7) is 2.76. The predicted molar refractivity (Wildman–Crippen MR) is 82.9 cm³/mol. The summed E-state index contributed by atoms with van der Waals surface area (Å²) in [7, 11) is 0. The second-order valence-electron chi connectivity index (χ2n) is 5.85. The van der Waals surface area contributed by atoms with Gasteiger partial charge in [0.1, 0.15) is 11.3 Å². The second kappa shape index (κ2) is 5.92. The van der Waals surface area contributed by atoms with Crippen molar-refractivity contribution in [2.45, 2.75) is 25.4 Å². The van der Waals surface area contributed by atoms with Gasteiger partial charge in [-0.2, -0.15) is 5.10 Å². The number of aryl methyl sites for hydroxylation is 1. The molecule has 2 aromatic rings. The largest absolute Gasteiger partial charge is 0.383 e. The number of H-pyrrole nitrogens is 1. The van der Waals surface area contributed by atoms with Crippen LogP contribution in [-0.4, -0.2) is 44.2 Å². The van der Waals surface area contributed by atoms with Crippen LogP contribution in [0.4, 0.5) is 0 Å². The van der Waals surface area contributed by atoms with Gasteiger partial charge in [-0.05, 0) is 37.5 Å². The van der Waals surface area contributed by atoms with Gasteiger partial charge >= 0.3 is 0 Å². The van der Waals surface area contributed by atoms with E-state index in [1.54, 1.807) is 11.1 Å². The van der Waals surface area contributed by atoms with Crippen LogP contribution in [0.3, 0.4) is 0 Å². The standard InChI is InChI=1S/C16H18N4O3/c1-11-2-4-13(17-10-11)16(23)6-8-20(9-7-16)15(22)12-3-5-14(21)19-18-12/h2-5,10,23H,6-9H2,1H3,(H,19,21). The molecule has 2 aromatic heterocycles. The normalized spacial score (nSPS) is 17.0. The average Bonchev–Trinajstić information content (AvgIpc) is 2.56. The molecule has 1 saturated heterocycles. The Hall–Kier alpha value is -2.54. The first kappa shape index (κ1) is 15.4. The first-order valence-corrected chi connectivity index (χ1v) is 7.48. The lowest BCUT2D eigenvalue weighted by molar-refractivity contribution is -0.0245. The second-order valence-corrected chi connectivity index (χ2v) is 5.85. The highest BCUT2D eigenvalue weighted by Gasteiger charge is 2.36. The summed E-state index contributed by atoms with van der Waals surface area (Å²) in [5.74, 6) is -0.250. The fraction of sp³-hybridized carbons (Fsp3) is 0.375. The molecule has 0 bridgehead atoms. The maximum atomic E-state index is 12.3. The van der Waals surface area contributed by atoms with Crippen LogP contribution in [0.2, 0.25) is 0 Å². The number of pyridine rings is 1. The molecule has 0 spiro atoms. The van der Waals surface area contributed by atoms with Crippen LogP contribution in [0.1, 0.15) is 34.6 Å². The lowest BCUT2D eigenvalue weighted by atomic mass is 9.87. The molecule has 3 heterocycles. The molecular weight excluding hydrogens is 296 g/mol. The third-order valence-corrected chi connectivity index (χ3v) is 4.16. The van der Waals surface area contributed by atoms with E-state index in [9.17, 15) is 14.7 Å². The summed E-state index contributed by atoms with van der Waals surface area (Å²) in [6.07, 6.45) is 2.56. The number of nitrogens with one attached hydrogen (secondary N) is 1. The van der Waals surface area contributed by atoms with E-state index in [0.717, 1.165) is 5.56 Å². The Morgan fingerprint density at radius 1 is 1.26 bits per heavy atom. The molecule has 0 saturated carbocycles. The van der Waals surface area contributed by atoms with Crippen molar-refractivity contribution in [1.82, 2.24) is 20.1 Å². The van der Waals surface area contributed by atoms with Crippen molar-refractivity contribution in [3.8, 4) is 0 Å². The Labute approximate surface area is 133 Å². The van der Waals surface area contributed by atoms with E-state index < -0.39 is 5.60 Å². The molecule has 2 N–H and O–H groups in total. The summed E-state index contributed by atoms with van der Waals surface area (Å²) < 4.78 is 0. The summed E-state index contributed by atoms with van der Waals surface area (Å²) in [5.41, 5.74) is 0.512. The van der Waals surface area contributed by atoms with Crippen LogP contribution < -0.4 is 5.56 Å². The zero-order valence-corrected chi connectivity index (χ0v) is 12.8. The molecular formula is C16H18N4O3. The highest BCUT2D eigenvalue weighted by Crippen LogP contribution is 2.31. The molecule has 7 nitrogen and oxygen atoms in total. The molecule has 0 atom stereocenters. The minimum absolute atomic E-state index is 0.198. The van der Waals surface area contributed by atoms with Gasteiger partial charge < -0.3 is 10.0 Å². The van der Waals surface area contributed by atoms with Crippen LogP contribution in [0.5, 0.6) is 0 Å². The molecule has 3 rings (SSSR count). The Kier molecular flexibility index (Phi) is 3.96. The zero-order chi connectivity index (χ0) is 16.4. The maximum Gasteiger partial charge on any atom is 0.274 e. The molecule has 7 heteroatoms. The minimum atomic E-state index is -1.01. The van der Waals surface area contributed by atoms with Gasteiger partial charge in [-0.25, -0.2) is 5.10 Å². The van der Waals surface area contributed by atoms with Crippen molar-refractivity contribution in [2.75, 3.05) is 13.1 Å². The highest BCUT2D eigenvalue weighted by molar-refractivity contribution is 5.92. The number of aliphatic hydroxyl groups is 1. The van der Waals surface area contributed by atoms with Gasteiger partial charge in [0.15, 0.2) is 0 Å². The van der Waals surface area contributed by atoms with Gasteiger partial charge in [-0.3, -0.25) is 14.6 Å². The molecule has 1 amide bonds. The molecule has 1 fully saturated rings. The fourth-order valence-electron chi connectivity index (χ4n) is 2.70. The van der Waals surface area contributed by atoms with E-state index in [4.69, 9.17) is 0 Å². The molecule has 0 aromatic carbocycles. The topological polar surface area (TPSA) is 99.2 Å². The van der Waals surface area contributed by atoms with Crippen LogP contribution in [0, 0.1) is 6.92 Å². The number of nitrogens with zero attached hydrogens (tertiary/aromatic N) is 3. The van der Waals surface area contributed by atoms with Crippen molar-refractivity contribution in [2.24, 2.45) is 0 Å². The Morgan fingerprint density at radius 2 is 2.00 bits per heavy atom. The van der Waals surface area contributed by atoms with E-state index >= 15 is 0 Å². The number of aromatic amines is 1. The number of carbonyl (C=O) groups is 1. The molecule has 0 unspecified atom stereocenters. The van der Waals surface area contributed by atoms with Gasteiger partial charge in [0.05, 0.1) is 5.69 Å². The lowest BCUT2D eigenvalue weighted by Gasteiger charge is -2.37. The summed E-state index contributed by atoms with van der Waals surface area (Å²) in [6, 6.07) is 6.43. The number of carbonyl (C=O) groups excluding carboxylic acids is 1. The van der Waals surface area contributed by atoms with Crippen LogP contribution in [0.25, 0.3) is 0 Å². The third kappa shape index (κ3) is 3.14. The first-order valence-electron chi connectivity index (χ1n) is 7.48. The minimum Gasteiger partial charge on any atom is -0.383 e. The number of amides is 1. The van der Waals surface area contributed by atoms with E-state index in [-0.39, 0.29) is 17.2 Å². The number of piperidine rings is 1. The van der Waals surface area contributed by atoms with Gasteiger partial charge in [0.25, 0.3) is 11.5 Å². The van der Waals surface area contributed by atoms with Gasteiger partial charge in [0, 0.05) is 25.4 Å². The van der Waals surface area contributed by atoms with Crippen molar-refractivity contribution in [3.05, 3.63) is 57.8 Å². The number of aromatic nitrogens is 3. The Balaban J connectivity index is 1.70. The van der Waals surface area contributed by atoms with E-state index in [1.807, 2.05) is 19.1 Å². The predicted octanol–water partition coefficient (Wildman–Crippen LogP) is 0.597. The number of likely N-dealkylation sites (tertiary alicyclic amines) is 1. The van der Waals surface area contributed by atoms with Gasteiger partial charge in [0.2, 0.25) is 0 Å². The van der Waals surface area contributed by atoms with Crippen molar-refractivity contribution in [1.29, 1.82) is 0 Å². The summed E-state index contributed by atoms with van der Waals surface area (Å²) in [4.78, 5) is 29.3. The number of rotatable bonds is 2. The van der Waals surface area contributed by atoms with Gasteiger partial charge in [-0.1, -0.05) is 6.07 Å². The quantitative estimate of drug-likeness (QED) is 0.845. The molecule has 0 radical (unpaired) electrons. The lowest BCUT2D eigenvalue weighted by Crippen LogP contribution is -2.45. The van der Waals surface area contributed by atoms with E-state index in [2.05, 4.69) is 15.2 Å². The third-order valence-electron chi connectivity index (χ3n) is 4.16. The van der Waals surface area contributed by atoms with E-state index in [1.165, 1.54) is 12.1 Å².